The van der Waals surface area contributed by atoms with Crippen LogP contribution in [0.3, 0.4) is 0 Å². The molecule has 0 saturated heterocycles. The van der Waals surface area contributed by atoms with Gasteiger partial charge in [-0.1, -0.05) is 40.7 Å². The lowest BCUT2D eigenvalue weighted by Gasteiger charge is -2.30. The van der Waals surface area contributed by atoms with Gasteiger partial charge in [0.2, 0.25) is 0 Å². The second kappa shape index (κ2) is 12.5. The number of rotatable bonds is 5. The maximum atomic E-state index is 9.55. The Kier molecular flexibility index (Phi) is 10.6. The SMILES string of the molecule is CC.CCC(C)(CC)c1ccc(C#N)cc1-c1nncn1-c1c(C)c(C)c(C)c(C)c1C.CF. The summed E-state index contributed by atoms with van der Waals surface area (Å²) in [5.41, 5.74) is 10.4. The summed E-state index contributed by atoms with van der Waals surface area (Å²) in [4.78, 5) is 0. The third kappa shape index (κ3) is 5.22. The minimum Gasteiger partial charge on any atom is -0.281 e. The molecule has 0 aliphatic carbocycles. The van der Waals surface area contributed by atoms with Gasteiger partial charge < -0.3 is 0 Å². The number of aromatic nitrogens is 3. The normalized spacial score (nSPS) is 10.6. The Morgan fingerprint density at radius 2 is 1.41 bits per heavy atom. The highest BCUT2D eigenvalue weighted by Crippen LogP contribution is 2.39. The number of hydrogen-bond donors (Lipinski definition) is 0. The first-order chi connectivity index (χ1) is 16.2. The van der Waals surface area contributed by atoms with Gasteiger partial charge in [0.1, 0.15) is 6.33 Å². The van der Waals surface area contributed by atoms with E-state index in [2.05, 4.69) is 82.3 Å². The second-order valence-corrected chi connectivity index (χ2v) is 8.64. The molecule has 0 fully saturated rings. The Labute approximate surface area is 205 Å². The second-order valence-electron chi connectivity index (χ2n) is 8.64. The van der Waals surface area contributed by atoms with Gasteiger partial charge in [0, 0.05) is 5.56 Å². The van der Waals surface area contributed by atoms with Crippen molar-refractivity contribution >= 4 is 0 Å². The van der Waals surface area contributed by atoms with Crippen molar-refractivity contribution in [2.24, 2.45) is 0 Å². The average Bonchev–Trinajstić information content (AvgIpc) is 3.37. The van der Waals surface area contributed by atoms with E-state index in [1.54, 1.807) is 6.33 Å². The van der Waals surface area contributed by atoms with Crippen molar-refractivity contribution in [2.75, 3.05) is 7.18 Å². The summed E-state index contributed by atoms with van der Waals surface area (Å²) < 4.78 is 11.6. The molecule has 0 saturated carbocycles. The van der Waals surface area contributed by atoms with Crippen molar-refractivity contribution < 1.29 is 4.39 Å². The molecule has 0 unspecified atom stereocenters. The van der Waals surface area contributed by atoms with E-state index < -0.39 is 0 Å². The van der Waals surface area contributed by atoms with Crippen LogP contribution in [0.25, 0.3) is 17.1 Å². The maximum absolute atomic E-state index is 9.55. The molecular weight excluding hydrogens is 423 g/mol. The molecule has 0 amide bonds. The molecule has 0 bridgehead atoms. The van der Waals surface area contributed by atoms with Gasteiger partial charge in [-0.2, -0.15) is 5.26 Å². The van der Waals surface area contributed by atoms with Gasteiger partial charge in [0.05, 0.1) is 24.5 Å². The zero-order valence-corrected chi connectivity index (χ0v) is 22.9. The molecule has 0 radical (unpaired) electrons. The summed E-state index contributed by atoms with van der Waals surface area (Å²) in [6.45, 7) is 21.6. The molecule has 0 aliphatic heterocycles. The van der Waals surface area contributed by atoms with Gasteiger partial charge >= 0.3 is 0 Å². The first-order valence-corrected chi connectivity index (χ1v) is 12.1. The zero-order valence-electron chi connectivity index (χ0n) is 22.9. The Morgan fingerprint density at radius 1 is 0.912 bits per heavy atom. The van der Waals surface area contributed by atoms with Crippen molar-refractivity contribution in [1.29, 1.82) is 5.26 Å². The maximum Gasteiger partial charge on any atom is 0.168 e. The van der Waals surface area contributed by atoms with Crippen LogP contribution in [0.5, 0.6) is 0 Å². The molecule has 1 heterocycles. The molecule has 34 heavy (non-hydrogen) atoms. The molecule has 1 aromatic heterocycles. The van der Waals surface area contributed by atoms with Crippen molar-refractivity contribution in [2.45, 2.75) is 87.5 Å². The summed E-state index contributed by atoms with van der Waals surface area (Å²) in [5, 5.41) is 18.4. The summed E-state index contributed by atoms with van der Waals surface area (Å²) in [5.74, 6) is 0.795. The molecule has 3 aromatic rings. The number of nitriles is 1. The van der Waals surface area contributed by atoms with E-state index in [1.807, 2.05) is 26.0 Å². The van der Waals surface area contributed by atoms with Gasteiger partial charge in [-0.05, 0) is 98.4 Å². The standard InChI is InChI=1S/C26H32N4.C2H6.CH3F/c1-9-26(8,10-2)23-12-11-21(14-27)13-22(23)25-29-28-15-30(25)24-19(6)17(4)16(3)18(5)20(24)7;2*1-2/h11-13,15H,9-10H2,1-8H3;1-2H3;1H3. The van der Waals surface area contributed by atoms with E-state index in [0.29, 0.717) is 12.7 Å². The van der Waals surface area contributed by atoms with E-state index in [9.17, 15) is 9.65 Å². The molecule has 0 spiro atoms. The summed E-state index contributed by atoms with van der Waals surface area (Å²) in [6, 6.07) is 8.28. The first kappa shape index (κ1) is 29.0. The molecule has 184 valence electrons. The Balaban J connectivity index is 0.00000137. The van der Waals surface area contributed by atoms with E-state index in [4.69, 9.17) is 0 Å². The quantitative estimate of drug-likeness (QED) is 0.384. The van der Waals surface area contributed by atoms with E-state index >= 15 is 0 Å². The van der Waals surface area contributed by atoms with Crippen LogP contribution in [-0.4, -0.2) is 21.9 Å². The van der Waals surface area contributed by atoms with Gasteiger partial charge in [0.15, 0.2) is 5.82 Å². The fourth-order valence-corrected chi connectivity index (χ4v) is 4.38. The van der Waals surface area contributed by atoms with Crippen LogP contribution in [0.4, 0.5) is 4.39 Å². The van der Waals surface area contributed by atoms with E-state index in [0.717, 1.165) is 29.9 Å². The largest absolute Gasteiger partial charge is 0.281 e. The fourth-order valence-electron chi connectivity index (χ4n) is 4.38. The van der Waals surface area contributed by atoms with Crippen molar-refractivity contribution in [3.63, 3.8) is 0 Å². The minimum atomic E-state index is 0.00327. The predicted octanol–water partition coefficient (Wildman–Crippen LogP) is 8.04. The number of benzene rings is 2. The molecule has 2 aromatic carbocycles. The van der Waals surface area contributed by atoms with Crippen LogP contribution in [0.15, 0.2) is 24.5 Å². The molecule has 5 heteroatoms. The van der Waals surface area contributed by atoms with Crippen molar-refractivity contribution in [1.82, 2.24) is 14.8 Å². The van der Waals surface area contributed by atoms with Crippen LogP contribution in [0.2, 0.25) is 0 Å². The highest BCUT2D eigenvalue weighted by atomic mass is 19.1. The predicted molar refractivity (Wildman–Crippen MR) is 142 cm³/mol. The smallest absolute Gasteiger partial charge is 0.168 e. The number of halogens is 1. The third-order valence-electron chi connectivity index (χ3n) is 7.35. The fraction of sp³-hybridized carbons (Fsp3) is 0.483. The molecule has 0 N–H and O–H groups in total. The van der Waals surface area contributed by atoms with E-state index in [1.165, 1.54) is 33.4 Å². The lowest BCUT2D eigenvalue weighted by atomic mass is 9.75. The van der Waals surface area contributed by atoms with Gasteiger partial charge in [-0.25, -0.2) is 0 Å². The highest BCUT2D eigenvalue weighted by Gasteiger charge is 2.28. The van der Waals surface area contributed by atoms with Crippen LogP contribution >= 0.6 is 0 Å². The molecule has 3 rings (SSSR count). The molecule has 0 aliphatic rings. The Hall–Kier alpha value is -3.00. The number of nitrogens with zero attached hydrogens (tertiary/aromatic N) is 4. The summed E-state index contributed by atoms with van der Waals surface area (Å²) in [6.07, 6.45) is 3.83. The highest BCUT2D eigenvalue weighted by molar-refractivity contribution is 5.69. The van der Waals surface area contributed by atoms with Crippen LogP contribution in [0.1, 0.15) is 86.4 Å². The zero-order chi connectivity index (χ0) is 26.2. The minimum absolute atomic E-state index is 0.00327. The monoisotopic (exact) mass is 464 g/mol. The van der Waals surface area contributed by atoms with E-state index in [-0.39, 0.29) is 5.41 Å². The van der Waals surface area contributed by atoms with Crippen molar-refractivity contribution in [3.8, 4) is 23.1 Å². The van der Waals surface area contributed by atoms with Crippen LogP contribution in [0, 0.1) is 45.9 Å². The van der Waals surface area contributed by atoms with Crippen molar-refractivity contribution in [3.05, 3.63) is 63.5 Å². The topological polar surface area (TPSA) is 54.5 Å². The molecular formula is C29H41FN4. The lowest BCUT2D eigenvalue weighted by molar-refractivity contribution is 0.440. The molecule has 0 atom stereocenters. The van der Waals surface area contributed by atoms with Gasteiger partial charge in [-0.3, -0.25) is 8.96 Å². The Morgan fingerprint density at radius 3 is 1.88 bits per heavy atom. The third-order valence-corrected chi connectivity index (χ3v) is 7.35. The lowest BCUT2D eigenvalue weighted by Crippen LogP contribution is -2.21. The molecule has 4 nitrogen and oxygen atoms in total. The average molecular weight is 465 g/mol. The Bertz CT molecular complexity index is 1120. The van der Waals surface area contributed by atoms with Crippen LogP contribution < -0.4 is 0 Å². The summed E-state index contributed by atoms with van der Waals surface area (Å²) in [7, 11) is 0.500. The number of hydrogen-bond acceptors (Lipinski definition) is 3. The summed E-state index contributed by atoms with van der Waals surface area (Å²) >= 11 is 0. The number of alkyl halides is 1. The van der Waals surface area contributed by atoms with Gasteiger partial charge in [-0.15, -0.1) is 10.2 Å². The van der Waals surface area contributed by atoms with Crippen LogP contribution in [-0.2, 0) is 5.41 Å². The first-order valence-electron chi connectivity index (χ1n) is 12.1. The van der Waals surface area contributed by atoms with Gasteiger partial charge in [0.25, 0.3) is 0 Å².